The molecule has 2 heterocycles. The van der Waals surface area contributed by atoms with Gasteiger partial charge in [-0.15, -0.1) is 0 Å². The maximum Gasteiger partial charge on any atom is 0.268 e. The molecule has 1 saturated heterocycles. The molecular weight excluding hydrogens is 420 g/mol. The molecule has 2 aromatic carbocycles. The molecule has 1 atom stereocenters. The molecule has 7 heteroatoms. The number of methoxy groups -OCH3 is 1. The Hall–Kier alpha value is -3.58. The number of rotatable bonds is 8. The van der Waals surface area contributed by atoms with Gasteiger partial charge in [0.15, 0.2) is 17.6 Å². The normalized spacial score (nSPS) is 16.1. The van der Waals surface area contributed by atoms with E-state index in [-0.39, 0.29) is 12.5 Å². The van der Waals surface area contributed by atoms with Crippen LogP contribution < -0.4 is 19.1 Å². The second-order valence-electron chi connectivity index (χ2n) is 8.57. The highest BCUT2D eigenvalue weighted by Gasteiger charge is 2.34. The van der Waals surface area contributed by atoms with Gasteiger partial charge in [0.05, 0.1) is 24.6 Å². The number of ether oxygens (including phenoxy) is 3. The molecule has 1 N–H and O–H groups in total. The van der Waals surface area contributed by atoms with Crippen LogP contribution in [0.3, 0.4) is 0 Å². The van der Waals surface area contributed by atoms with Gasteiger partial charge in [0.2, 0.25) is 0 Å². The molecule has 1 aliphatic heterocycles. The smallest absolute Gasteiger partial charge is 0.268 e. The van der Waals surface area contributed by atoms with E-state index in [2.05, 4.69) is 4.98 Å². The first kappa shape index (κ1) is 22.6. The van der Waals surface area contributed by atoms with Crippen molar-refractivity contribution in [2.45, 2.75) is 32.0 Å². The fourth-order valence-electron chi connectivity index (χ4n) is 3.61. The zero-order valence-electron chi connectivity index (χ0n) is 19.0. The summed E-state index contributed by atoms with van der Waals surface area (Å²) < 4.78 is 17.0. The first-order valence-corrected chi connectivity index (χ1v) is 10.9. The van der Waals surface area contributed by atoms with Gasteiger partial charge in [-0.05, 0) is 38.1 Å². The lowest BCUT2D eigenvalue weighted by molar-refractivity contribution is -0.122. The van der Waals surface area contributed by atoms with Crippen LogP contribution in [-0.4, -0.2) is 48.0 Å². The van der Waals surface area contributed by atoms with E-state index in [0.29, 0.717) is 35.9 Å². The summed E-state index contributed by atoms with van der Waals surface area (Å²) in [4.78, 5) is 19.2. The minimum atomic E-state index is -0.965. The second kappa shape index (κ2) is 9.50. The van der Waals surface area contributed by atoms with Gasteiger partial charge in [0.25, 0.3) is 5.91 Å². The number of nitrogens with zero attached hydrogens (tertiary/aromatic N) is 2. The first-order valence-electron chi connectivity index (χ1n) is 10.9. The Kier molecular flexibility index (Phi) is 6.51. The van der Waals surface area contributed by atoms with Gasteiger partial charge in [0, 0.05) is 30.3 Å². The number of hydrogen-bond acceptors (Lipinski definition) is 6. The largest absolute Gasteiger partial charge is 0.493 e. The Morgan fingerprint density at radius 3 is 2.55 bits per heavy atom. The first-order chi connectivity index (χ1) is 15.8. The predicted octanol–water partition coefficient (Wildman–Crippen LogP) is 4.09. The number of carbonyl (C=O) groups excluding carboxylic acids is 1. The van der Waals surface area contributed by atoms with Crippen molar-refractivity contribution in [3.63, 3.8) is 0 Å². The Labute approximate surface area is 193 Å². The summed E-state index contributed by atoms with van der Waals surface area (Å²) in [5.41, 5.74) is 1.61. The van der Waals surface area contributed by atoms with Gasteiger partial charge in [-0.25, -0.2) is 0 Å². The lowest BCUT2D eigenvalue weighted by Gasteiger charge is -2.21. The van der Waals surface area contributed by atoms with E-state index in [4.69, 9.17) is 14.2 Å². The van der Waals surface area contributed by atoms with E-state index in [1.165, 1.54) is 0 Å². The quantitative estimate of drug-likeness (QED) is 0.559. The van der Waals surface area contributed by atoms with Crippen LogP contribution in [0, 0.1) is 0 Å². The molecule has 1 aromatic heterocycles. The van der Waals surface area contributed by atoms with Crippen LogP contribution in [0.5, 0.6) is 17.2 Å². The molecule has 0 bridgehead atoms. The average Bonchev–Trinajstić information content (AvgIpc) is 3.18. The van der Waals surface area contributed by atoms with Gasteiger partial charge in [-0.3, -0.25) is 9.78 Å². The number of aliphatic hydroxyl groups is 1. The van der Waals surface area contributed by atoms with Crippen molar-refractivity contribution in [1.29, 1.82) is 0 Å². The maximum absolute atomic E-state index is 13.0. The number of benzene rings is 2. The molecule has 1 amide bonds. The number of carbonyl (C=O) groups is 1. The molecule has 1 unspecified atom stereocenters. The number of amides is 1. The van der Waals surface area contributed by atoms with Crippen molar-refractivity contribution >= 4 is 11.6 Å². The van der Waals surface area contributed by atoms with E-state index in [9.17, 15) is 9.90 Å². The molecule has 3 aromatic rings. The van der Waals surface area contributed by atoms with Gasteiger partial charge < -0.3 is 24.2 Å². The molecule has 7 nitrogen and oxygen atoms in total. The topological polar surface area (TPSA) is 81.1 Å². The molecule has 33 heavy (non-hydrogen) atoms. The molecule has 1 fully saturated rings. The average molecular weight is 449 g/mol. The number of anilines is 1. The van der Waals surface area contributed by atoms with E-state index in [1.807, 2.05) is 42.5 Å². The lowest BCUT2D eigenvalue weighted by atomic mass is 10.1. The molecule has 172 valence electrons. The molecular formula is C26H28N2O5. The minimum Gasteiger partial charge on any atom is -0.493 e. The van der Waals surface area contributed by atoms with E-state index in [0.717, 1.165) is 11.3 Å². The summed E-state index contributed by atoms with van der Waals surface area (Å²) in [6.07, 6.45) is 1.64. The fourth-order valence-corrected chi connectivity index (χ4v) is 3.61. The second-order valence-corrected chi connectivity index (χ2v) is 8.57. The van der Waals surface area contributed by atoms with Crippen LogP contribution in [-0.2, 0) is 4.79 Å². The van der Waals surface area contributed by atoms with Crippen molar-refractivity contribution in [3.05, 3.63) is 66.9 Å². The highest BCUT2D eigenvalue weighted by atomic mass is 16.5. The highest BCUT2D eigenvalue weighted by Crippen LogP contribution is 2.34. The molecule has 0 spiro atoms. The number of aromatic nitrogens is 1. The summed E-state index contributed by atoms with van der Waals surface area (Å²) in [5.74, 6) is 1.44. The Bertz CT molecular complexity index is 1090. The summed E-state index contributed by atoms with van der Waals surface area (Å²) in [6.45, 7) is 3.99. The van der Waals surface area contributed by atoms with Crippen molar-refractivity contribution in [2.75, 3.05) is 25.2 Å². The highest BCUT2D eigenvalue weighted by molar-refractivity contribution is 5.99. The van der Waals surface area contributed by atoms with Gasteiger partial charge in [-0.2, -0.15) is 0 Å². The maximum atomic E-state index is 13.0. The fraction of sp³-hybridized carbons (Fsp3) is 0.308. The molecule has 0 aliphatic carbocycles. The third kappa shape index (κ3) is 5.43. The van der Waals surface area contributed by atoms with Crippen LogP contribution in [0.15, 0.2) is 66.9 Å². The monoisotopic (exact) mass is 448 g/mol. The standard InChI is InChI=1S/C26H28N2O5/c1-26(2,30)17-32-22-12-9-19(15-24(22)31-3)28-14-13-23(25(28)29)33-20-10-11-21(27-16-20)18-7-5-4-6-8-18/h4-12,15-16,23,30H,13-14,17H2,1-3H3. The third-order valence-corrected chi connectivity index (χ3v) is 5.28. The molecule has 0 saturated carbocycles. The number of pyridine rings is 1. The molecule has 1 aliphatic rings. The third-order valence-electron chi connectivity index (χ3n) is 5.28. The summed E-state index contributed by atoms with van der Waals surface area (Å²) in [5, 5.41) is 9.89. The van der Waals surface area contributed by atoms with Crippen molar-refractivity contribution in [3.8, 4) is 28.5 Å². The lowest BCUT2D eigenvalue weighted by Crippen LogP contribution is -2.32. The minimum absolute atomic E-state index is 0.116. The molecule has 0 radical (unpaired) electrons. The predicted molar refractivity (Wildman–Crippen MR) is 126 cm³/mol. The van der Waals surface area contributed by atoms with Crippen molar-refractivity contribution in [1.82, 2.24) is 4.98 Å². The summed E-state index contributed by atoms with van der Waals surface area (Å²) in [7, 11) is 1.54. The van der Waals surface area contributed by atoms with Gasteiger partial charge >= 0.3 is 0 Å². The SMILES string of the molecule is COc1cc(N2CCC(Oc3ccc(-c4ccccc4)nc3)C2=O)ccc1OCC(C)(C)O. The van der Waals surface area contributed by atoms with Crippen molar-refractivity contribution < 1.29 is 24.1 Å². The Morgan fingerprint density at radius 2 is 1.88 bits per heavy atom. The van der Waals surface area contributed by atoms with Crippen LogP contribution >= 0.6 is 0 Å². The summed E-state index contributed by atoms with van der Waals surface area (Å²) in [6, 6.07) is 18.9. The van der Waals surface area contributed by atoms with Crippen LogP contribution in [0.4, 0.5) is 5.69 Å². The summed E-state index contributed by atoms with van der Waals surface area (Å²) >= 11 is 0. The van der Waals surface area contributed by atoms with Crippen LogP contribution in [0.25, 0.3) is 11.3 Å². The van der Waals surface area contributed by atoms with Crippen molar-refractivity contribution in [2.24, 2.45) is 0 Å². The zero-order valence-corrected chi connectivity index (χ0v) is 19.0. The number of hydrogen-bond donors (Lipinski definition) is 1. The zero-order chi connectivity index (χ0) is 23.4. The van der Waals surface area contributed by atoms with E-state index in [1.54, 1.807) is 50.3 Å². The van der Waals surface area contributed by atoms with E-state index < -0.39 is 11.7 Å². The Balaban J connectivity index is 1.42. The Morgan fingerprint density at radius 1 is 1.09 bits per heavy atom. The van der Waals surface area contributed by atoms with E-state index >= 15 is 0 Å². The van der Waals surface area contributed by atoms with Crippen LogP contribution in [0.1, 0.15) is 20.3 Å². The van der Waals surface area contributed by atoms with Crippen LogP contribution in [0.2, 0.25) is 0 Å². The molecule has 4 rings (SSSR count). The van der Waals surface area contributed by atoms with Gasteiger partial charge in [0.1, 0.15) is 12.4 Å². The van der Waals surface area contributed by atoms with Gasteiger partial charge in [-0.1, -0.05) is 30.3 Å².